The molecule has 1 atom stereocenters. The summed E-state index contributed by atoms with van der Waals surface area (Å²) >= 11 is 24.9. The number of hydrogen-bond acceptors (Lipinski definition) is 3. The molecule has 0 bridgehead atoms. The fourth-order valence-electron chi connectivity index (χ4n) is 2.85. The number of imidazole rings is 1. The Morgan fingerprint density at radius 3 is 2.41 bits per heavy atom. The van der Waals surface area contributed by atoms with Crippen LogP contribution in [-0.2, 0) is 11.4 Å². The van der Waals surface area contributed by atoms with Crippen LogP contribution in [0.1, 0.15) is 37.0 Å². The topological polar surface area (TPSA) is 39.4 Å². The van der Waals surface area contributed by atoms with E-state index >= 15 is 0 Å². The van der Waals surface area contributed by atoms with E-state index in [9.17, 15) is 0 Å². The Morgan fingerprint density at radius 2 is 1.79 bits per heavy atom. The van der Waals surface area contributed by atoms with Gasteiger partial charge in [-0.25, -0.2) is 4.98 Å². The van der Waals surface area contributed by atoms with Crippen molar-refractivity contribution in [1.29, 1.82) is 0 Å². The summed E-state index contributed by atoms with van der Waals surface area (Å²) in [6.07, 6.45) is 6.43. The standard InChI is InChI=1S/C21H19Cl4N3O/c1-2-3-20(16-6-4-14(22)10-18(16)24)27-29-21(12-28-9-8-26-13-28)17-7-5-15(23)11-19(17)25/h4-11,13,21H,2-3,12H2,1H3/b27-20+. The zero-order chi connectivity index (χ0) is 20.8. The second-order valence-electron chi connectivity index (χ2n) is 6.43. The number of benzene rings is 2. The summed E-state index contributed by atoms with van der Waals surface area (Å²) in [5, 5.41) is 6.63. The van der Waals surface area contributed by atoms with E-state index in [4.69, 9.17) is 51.2 Å². The van der Waals surface area contributed by atoms with Crippen LogP contribution in [0.4, 0.5) is 0 Å². The van der Waals surface area contributed by atoms with Crippen LogP contribution in [0, 0.1) is 0 Å². The van der Waals surface area contributed by atoms with Crippen LogP contribution in [0.15, 0.2) is 60.3 Å². The first-order chi connectivity index (χ1) is 14.0. The second kappa shape index (κ2) is 10.4. The van der Waals surface area contributed by atoms with Gasteiger partial charge >= 0.3 is 0 Å². The predicted octanol–water partition coefficient (Wildman–Crippen LogP) is 7.46. The molecule has 3 rings (SSSR count). The van der Waals surface area contributed by atoms with Crippen molar-refractivity contribution < 1.29 is 4.84 Å². The summed E-state index contributed by atoms with van der Waals surface area (Å²) in [4.78, 5) is 10.1. The highest BCUT2D eigenvalue weighted by atomic mass is 35.5. The van der Waals surface area contributed by atoms with E-state index in [1.54, 1.807) is 36.8 Å². The summed E-state index contributed by atoms with van der Waals surface area (Å²) in [7, 11) is 0. The van der Waals surface area contributed by atoms with Gasteiger partial charge in [0.15, 0.2) is 6.10 Å². The van der Waals surface area contributed by atoms with Crippen LogP contribution in [0.25, 0.3) is 0 Å². The maximum Gasteiger partial charge on any atom is 0.171 e. The fourth-order valence-corrected chi connectivity index (χ4v) is 3.90. The van der Waals surface area contributed by atoms with Gasteiger partial charge < -0.3 is 9.40 Å². The molecule has 0 saturated heterocycles. The lowest BCUT2D eigenvalue weighted by molar-refractivity contribution is 0.0454. The molecule has 1 aromatic heterocycles. The maximum absolute atomic E-state index is 6.43. The molecule has 1 unspecified atom stereocenters. The number of nitrogens with zero attached hydrogens (tertiary/aromatic N) is 3. The Balaban J connectivity index is 1.94. The molecule has 0 N–H and O–H groups in total. The fraction of sp³-hybridized carbons (Fsp3) is 0.238. The van der Waals surface area contributed by atoms with Crippen molar-refractivity contribution >= 4 is 52.1 Å². The van der Waals surface area contributed by atoms with Gasteiger partial charge in [0.25, 0.3) is 0 Å². The quantitative estimate of drug-likeness (QED) is 0.253. The number of rotatable bonds is 8. The SMILES string of the molecule is CCC/C(=N\OC(Cn1ccnc1)c1ccc(Cl)cc1Cl)c1ccc(Cl)cc1Cl. The second-order valence-corrected chi connectivity index (χ2v) is 8.12. The molecule has 152 valence electrons. The minimum atomic E-state index is -0.438. The third-order valence-corrected chi connectivity index (χ3v) is 5.37. The number of oxime groups is 1. The van der Waals surface area contributed by atoms with Crippen LogP contribution in [0.5, 0.6) is 0 Å². The average Bonchev–Trinajstić information content (AvgIpc) is 3.18. The Morgan fingerprint density at radius 1 is 1.07 bits per heavy atom. The Bertz CT molecular complexity index is 990. The third kappa shape index (κ3) is 5.89. The summed E-state index contributed by atoms with van der Waals surface area (Å²) in [6, 6.07) is 10.6. The molecule has 3 aromatic rings. The van der Waals surface area contributed by atoms with Gasteiger partial charge in [-0.1, -0.05) is 77.0 Å². The van der Waals surface area contributed by atoms with Crippen LogP contribution >= 0.6 is 46.4 Å². The van der Waals surface area contributed by atoms with Gasteiger partial charge in [0, 0.05) is 38.6 Å². The third-order valence-electron chi connectivity index (χ3n) is 4.26. The molecule has 0 aliphatic carbocycles. The number of hydrogen-bond donors (Lipinski definition) is 0. The summed E-state index contributed by atoms with van der Waals surface area (Å²) in [6.45, 7) is 2.55. The molecule has 29 heavy (non-hydrogen) atoms. The molecule has 0 spiro atoms. The molecule has 0 amide bonds. The first-order valence-electron chi connectivity index (χ1n) is 9.06. The van der Waals surface area contributed by atoms with Crippen LogP contribution in [-0.4, -0.2) is 15.3 Å². The molecule has 0 aliphatic heterocycles. The maximum atomic E-state index is 6.43. The largest absolute Gasteiger partial charge is 0.385 e. The van der Waals surface area contributed by atoms with Gasteiger partial charge in [0.2, 0.25) is 0 Å². The molecule has 0 fully saturated rings. The van der Waals surface area contributed by atoms with Gasteiger partial charge in [-0.15, -0.1) is 0 Å². The lowest BCUT2D eigenvalue weighted by Gasteiger charge is -2.19. The number of aromatic nitrogens is 2. The predicted molar refractivity (Wildman–Crippen MR) is 120 cm³/mol. The van der Waals surface area contributed by atoms with Gasteiger partial charge in [0.05, 0.1) is 23.6 Å². The van der Waals surface area contributed by atoms with Gasteiger partial charge in [-0.05, 0) is 30.7 Å². The normalized spacial score (nSPS) is 12.8. The van der Waals surface area contributed by atoms with Crippen molar-refractivity contribution in [1.82, 2.24) is 9.55 Å². The molecule has 1 heterocycles. The molecule has 4 nitrogen and oxygen atoms in total. The summed E-state index contributed by atoms with van der Waals surface area (Å²) < 4.78 is 1.90. The van der Waals surface area contributed by atoms with Gasteiger partial charge in [-0.3, -0.25) is 0 Å². The molecule has 0 aliphatic rings. The van der Waals surface area contributed by atoms with Crippen LogP contribution in [0.2, 0.25) is 20.1 Å². The highest BCUT2D eigenvalue weighted by Gasteiger charge is 2.19. The van der Waals surface area contributed by atoms with E-state index in [-0.39, 0.29) is 0 Å². The molecular weight excluding hydrogens is 452 g/mol. The van der Waals surface area contributed by atoms with E-state index < -0.39 is 6.10 Å². The first kappa shape index (κ1) is 22.0. The highest BCUT2D eigenvalue weighted by Crippen LogP contribution is 2.31. The smallest absolute Gasteiger partial charge is 0.171 e. The molecule has 8 heteroatoms. The lowest BCUT2D eigenvalue weighted by Crippen LogP contribution is -2.12. The van der Waals surface area contributed by atoms with Gasteiger partial charge in [0.1, 0.15) is 0 Å². The first-order valence-corrected chi connectivity index (χ1v) is 10.6. The minimum absolute atomic E-state index is 0.438. The van der Waals surface area contributed by atoms with E-state index in [0.717, 1.165) is 23.3 Å². The van der Waals surface area contributed by atoms with Crippen molar-refractivity contribution in [3.05, 3.63) is 86.3 Å². The van der Waals surface area contributed by atoms with Crippen molar-refractivity contribution in [3.63, 3.8) is 0 Å². The summed E-state index contributed by atoms with van der Waals surface area (Å²) in [5.74, 6) is 0. The van der Waals surface area contributed by atoms with Crippen molar-refractivity contribution in [2.45, 2.75) is 32.4 Å². The van der Waals surface area contributed by atoms with Crippen molar-refractivity contribution in [2.24, 2.45) is 5.16 Å². The minimum Gasteiger partial charge on any atom is -0.385 e. The molecule has 2 aromatic carbocycles. The van der Waals surface area contributed by atoms with Crippen molar-refractivity contribution in [2.75, 3.05) is 0 Å². The zero-order valence-corrected chi connectivity index (χ0v) is 18.7. The van der Waals surface area contributed by atoms with Crippen LogP contribution in [0.3, 0.4) is 0 Å². The molecule has 0 radical (unpaired) electrons. The van der Waals surface area contributed by atoms with Gasteiger partial charge in [-0.2, -0.15) is 0 Å². The van der Waals surface area contributed by atoms with E-state index in [1.165, 1.54) is 0 Å². The Kier molecular flexibility index (Phi) is 7.84. The Labute approximate surface area is 190 Å². The Hall–Kier alpha value is -1.72. The average molecular weight is 471 g/mol. The van der Waals surface area contributed by atoms with Crippen molar-refractivity contribution in [3.8, 4) is 0 Å². The van der Waals surface area contributed by atoms with Crippen LogP contribution < -0.4 is 0 Å². The monoisotopic (exact) mass is 469 g/mol. The molecular formula is C21H19Cl4N3O. The molecule has 0 saturated carbocycles. The van der Waals surface area contributed by atoms with E-state index in [0.29, 0.717) is 33.1 Å². The lowest BCUT2D eigenvalue weighted by atomic mass is 10.1. The highest BCUT2D eigenvalue weighted by molar-refractivity contribution is 6.37. The van der Waals surface area contributed by atoms with E-state index in [2.05, 4.69) is 17.1 Å². The zero-order valence-electron chi connectivity index (χ0n) is 15.7. The van der Waals surface area contributed by atoms with E-state index in [1.807, 2.05) is 22.9 Å². The summed E-state index contributed by atoms with van der Waals surface area (Å²) in [5.41, 5.74) is 2.32. The number of halogens is 4.